The molecule has 1 aliphatic rings. The average Bonchev–Trinajstić information content (AvgIpc) is 2.64. The Balaban J connectivity index is 2.37. The first kappa shape index (κ1) is 9.81. The third-order valence-corrected chi connectivity index (χ3v) is 3.15. The summed E-state index contributed by atoms with van der Waals surface area (Å²) in [5.74, 6) is 0.306. The topological polar surface area (TPSA) is 32.3 Å². The molecule has 0 unspecified atom stereocenters. The van der Waals surface area contributed by atoms with Gasteiger partial charge in [-0.2, -0.15) is 0 Å². The molecule has 0 spiro atoms. The zero-order valence-electron chi connectivity index (χ0n) is 8.18. The first-order valence-corrected chi connectivity index (χ1v) is 5.28. The van der Waals surface area contributed by atoms with Crippen molar-refractivity contribution in [1.82, 2.24) is 5.32 Å². The van der Waals surface area contributed by atoms with Crippen molar-refractivity contribution < 1.29 is 5.11 Å². The number of hydrogen-bond acceptors (Lipinski definition) is 2. The van der Waals surface area contributed by atoms with Gasteiger partial charge in [0.15, 0.2) is 0 Å². The quantitative estimate of drug-likeness (QED) is 0.749. The van der Waals surface area contributed by atoms with Gasteiger partial charge in [0.25, 0.3) is 0 Å². The lowest BCUT2D eigenvalue weighted by Crippen LogP contribution is -2.13. The molecule has 0 saturated carbocycles. The maximum Gasteiger partial charge on any atom is 0.121 e. The van der Waals surface area contributed by atoms with Crippen LogP contribution in [-0.2, 0) is 0 Å². The number of aromatic hydroxyl groups is 1. The number of rotatable bonds is 1. The molecule has 0 radical (unpaired) electrons. The van der Waals surface area contributed by atoms with Crippen LogP contribution in [0.1, 0.15) is 30.0 Å². The highest BCUT2D eigenvalue weighted by Gasteiger charge is 2.19. The summed E-state index contributed by atoms with van der Waals surface area (Å²) in [5, 5.41) is 13.7. The molecular formula is C11H14ClNO. The molecule has 1 aliphatic heterocycles. The zero-order chi connectivity index (χ0) is 10.1. The lowest BCUT2D eigenvalue weighted by Gasteiger charge is -2.14. The molecule has 1 aromatic rings. The van der Waals surface area contributed by atoms with Crippen LogP contribution in [0.2, 0.25) is 5.02 Å². The van der Waals surface area contributed by atoms with Crippen LogP contribution in [0.4, 0.5) is 0 Å². The van der Waals surface area contributed by atoms with E-state index >= 15 is 0 Å². The van der Waals surface area contributed by atoms with Crippen LogP contribution in [0.25, 0.3) is 0 Å². The van der Waals surface area contributed by atoms with Gasteiger partial charge in [0.2, 0.25) is 0 Å². The molecule has 3 heteroatoms. The minimum atomic E-state index is 0.297. The summed E-state index contributed by atoms with van der Waals surface area (Å²) < 4.78 is 0. The third kappa shape index (κ3) is 1.72. The van der Waals surface area contributed by atoms with E-state index in [2.05, 4.69) is 5.32 Å². The Morgan fingerprint density at radius 1 is 1.50 bits per heavy atom. The Hall–Kier alpha value is -0.730. The van der Waals surface area contributed by atoms with Crippen molar-refractivity contribution in [3.05, 3.63) is 28.3 Å². The van der Waals surface area contributed by atoms with E-state index in [-0.39, 0.29) is 0 Å². The molecule has 1 fully saturated rings. The molecule has 2 rings (SSSR count). The molecule has 1 saturated heterocycles. The van der Waals surface area contributed by atoms with Gasteiger partial charge in [0.05, 0.1) is 0 Å². The number of phenols is 1. The summed E-state index contributed by atoms with van der Waals surface area (Å²) >= 11 is 5.91. The van der Waals surface area contributed by atoms with Crippen LogP contribution in [0, 0.1) is 6.92 Å². The molecular weight excluding hydrogens is 198 g/mol. The molecule has 0 amide bonds. The summed E-state index contributed by atoms with van der Waals surface area (Å²) in [6.07, 6.45) is 2.26. The molecule has 0 bridgehead atoms. The maximum absolute atomic E-state index is 9.75. The second kappa shape index (κ2) is 3.79. The Morgan fingerprint density at radius 3 is 2.93 bits per heavy atom. The number of phenolic OH excluding ortho intramolecular Hbond substituents is 1. The van der Waals surface area contributed by atoms with Gasteiger partial charge in [-0.25, -0.2) is 0 Å². The molecule has 14 heavy (non-hydrogen) atoms. The van der Waals surface area contributed by atoms with Gasteiger partial charge < -0.3 is 10.4 Å². The number of nitrogens with one attached hydrogen (secondary N) is 1. The predicted molar refractivity (Wildman–Crippen MR) is 57.8 cm³/mol. The van der Waals surface area contributed by atoms with Crippen molar-refractivity contribution in [3.63, 3.8) is 0 Å². The van der Waals surface area contributed by atoms with Crippen molar-refractivity contribution in [3.8, 4) is 5.75 Å². The second-order valence-corrected chi connectivity index (χ2v) is 4.22. The lowest BCUT2D eigenvalue weighted by atomic mass is 10.0. The van der Waals surface area contributed by atoms with Crippen molar-refractivity contribution in [2.24, 2.45) is 0 Å². The summed E-state index contributed by atoms with van der Waals surface area (Å²) in [5.41, 5.74) is 2.00. The van der Waals surface area contributed by atoms with Crippen LogP contribution < -0.4 is 5.32 Å². The van der Waals surface area contributed by atoms with E-state index in [4.69, 9.17) is 11.6 Å². The van der Waals surface area contributed by atoms with E-state index < -0.39 is 0 Å². The van der Waals surface area contributed by atoms with E-state index in [1.807, 2.05) is 13.0 Å². The number of benzene rings is 1. The zero-order valence-corrected chi connectivity index (χ0v) is 8.93. The molecule has 2 N–H and O–H groups in total. The maximum atomic E-state index is 9.75. The molecule has 1 atom stereocenters. The Morgan fingerprint density at radius 2 is 2.29 bits per heavy atom. The van der Waals surface area contributed by atoms with Gasteiger partial charge in [0, 0.05) is 16.6 Å². The first-order chi connectivity index (χ1) is 6.68. The van der Waals surface area contributed by atoms with Gasteiger partial charge in [-0.3, -0.25) is 0 Å². The standard InChI is InChI=1S/C11H14ClNO/c1-7-5-8(10-3-2-4-13-10)11(14)6-9(7)12/h5-6,10,13-14H,2-4H2,1H3/t10-/m1/s1. The molecule has 2 nitrogen and oxygen atoms in total. The Kier molecular flexibility index (Phi) is 2.66. The molecule has 1 heterocycles. The van der Waals surface area contributed by atoms with Crippen LogP contribution in [0.15, 0.2) is 12.1 Å². The van der Waals surface area contributed by atoms with Crippen molar-refractivity contribution in [2.45, 2.75) is 25.8 Å². The average molecular weight is 212 g/mol. The normalized spacial score (nSPS) is 21.4. The van der Waals surface area contributed by atoms with E-state index in [9.17, 15) is 5.11 Å². The van der Waals surface area contributed by atoms with Gasteiger partial charge in [-0.1, -0.05) is 11.6 Å². The molecule has 76 valence electrons. The first-order valence-electron chi connectivity index (χ1n) is 4.91. The highest BCUT2D eigenvalue weighted by molar-refractivity contribution is 6.31. The van der Waals surface area contributed by atoms with E-state index in [0.29, 0.717) is 16.8 Å². The number of aryl methyl sites for hydroxylation is 1. The molecule has 0 aliphatic carbocycles. The Labute approximate surface area is 88.9 Å². The molecule has 1 aromatic carbocycles. The monoisotopic (exact) mass is 211 g/mol. The van der Waals surface area contributed by atoms with Gasteiger partial charge in [-0.05, 0) is 44.0 Å². The fraction of sp³-hybridized carbons (Fsp3) is 0.455. The summed E-state index contributed by atoms with van der Waals surface area (Å²) in [6.45, 7) is 2.99. The number of hydrogen-bond donors (Lipinski definition) is 2. The van der Waals surface area contributed by atoms with Gasteiger partial charge in [0.1, 0.15) is 5.75 Å². The number of halogens is 1. The lowest BCUT2D eigenvalue weighted by molar-refractivity contribution is 0.457. The van der Waals surface area contributed by atoms with Gasteiger partial charge in [-0.15, -0.1) is 0 Å². The smallest absolute Gasteiger partial charge is 0.121 e. The van der Waals surface area contributed by atoms with Crippen LogP contribution in [-0.4, -0.2) is 11.7 Å². The van der Waals surface area contributed by atoms with Crippen molar-refractivity contribution >= 4 is 11.6 Å². The SMILES string of the molecule is Cc1cc([C@H]2CCCN2)c(O)cc1Cl. The van der Waals surface area contributed by atoms with Crippen molar-refractivity contribution in [1.29, 1.82) is 0 Å². The second-order valence-electron chi connectivity index (χ2n) is 3.81. The highest BCUT2D eigenvalue weighted by atomic mass is 35.5. The van der Waals surface area contributed by atoms with E-state index in [1.54, 1.807) is 6.07 Å². The van der Waals surface area contributed by atoms with E-state index in [0.717, 1.165) is 24.1 Å². The van der Waals surface area contributed by atoms with E-state index in [1.165, 1.54) is 6.42 Å². The fourth-order valence-corrected chi connectivity index (χ4v) is 2.08. The Bertz CT molecular complexity index is 345. The highest BCUT2D eigenvalue weighted by Crippen LogP contribution is 2.33. The largest absolute Gasteiger partial charge is 0.508 e. The summed E-state index contributed by atoms with van der Waals surface area (Å²) in [6, 6.07) is 3.90. The molecule has 0 aromatic heterocycles. The minimum Gasteiger partial charge on any atom is -0.508 e. The van der Waals surface area contributed by atoms with Crippen LogP contribution in [0.5, 0.6) is 5.75 Å². The van der Waals surface area contributed by atoms with Crippen LogP contribution >= 0.6 is 11.6 Å². The van der Waals surface area contributed by atoms with Crippen LogP contribution in [0.3, 0.4) is 0 Å². The van der Waals surface area contributed by atoms with Crippen molar-refractivity contribution in [2.75, 3.05) is 6.54 Å². The minimum absolute atomic E-state index is 0.297. The third-order valence-electron chi connectivity index (χ3n) is 2.74. The summed E-state index contributed by atoms with van der Waals surface area (Å²) in [4.78, 5) is 0. The predicted octanol–water partition coefficient (Wildman–Crippen LogP) is 2.78. The summed E-state index contributed by atoms with van der Waals surface area (Å²) in [7, 11) is 0. The fourth-order valence-electron chi connectivity index (χ4n) is 1.92. The van der Waals surface area contributed by atoms with Gasteiger partial charge >= 0.3 is 0 Å².